The van der Waals surface area contributed by atoms with Gasteiger partial charge in [0.2, 0.25) is 5.95 Å². The molecule has 5 rings (SSSR count). The fourth-order valence-electron chi connectivity index (χ4n) is 3.73. The molecule has 1 aliphatic rings. The number of rotatable bonds is 4. The van der Waals surface area contributed by atoms with E-state index < -0.39 is 6.04 Å². The number of hydrogen-bond donors (Lipinski definition) is 2. The van der Waals surface area contributed by atoms with Crippen LogP contribution in [0.5, 0.6) is 0 Å². The van der Waals surface area contributed by atoms with E-state index in [1.165, 1.54) is 0 Å². The predicted molar refractivity (Wildman–Crippen MR) is 129 cm³/mol. The molecule has 33 heavy (non-hydrogen) atoms. The van der Waals surface area contributed by atoms with Crippen LogP contribution >= 0.6 is 23.2 Å². The van der Waals surface area contributed by atoms with E-state index in [0.717, 1.165) is 0 Å². The number of amides is 1. The highest BCUT2D eigenvalue weighted by molar-refractivity contribution is 6.42. The van der Waals surface area contributed by atoms with Crippen LogP contribution in [-0.2, 0) is 4.79 Å². The summed E-state index contributed by atoms with van der Waals surface area (Å²) in [7, 11) is 0. The molecule has 1 unspecified atom stereocenters. The molecule has 0 fully saturated rings. The van der Waals surface area contributed by atoms with Crippen LogP contribution in [0.4, 0.5) is 11.6 Å². The molecule has 1 aliphatic heterocycles. The Labute approximate surface area is 200 Å². The van der Waals surface area contributed by atoms with Crippen LogP contribution in [0.3, 0.4) is 0 Å². The summed E-state index contributed by atoms with van der Waals surface area (Å²) < 4.78 is 1.67. The van der Waals surface area contributed by atoms with Gasteiger partial charge in [-0.2, -0.15) is 4.98 Å². The number of pyridine rings is 1. The lowest BCUT2D eigenvalue weighted by molar-refractivity contribution is -0.113. The number of carbonyl (C=O) groups excluding carboxylic acids is 1. The fraction of sp³-hybridized carbons (Fsp3) is 0.0833. The number of anilines is 2. The summed E-state index contributed by atoms with van der Waals surface area (Å²) in [6, 6.07) is 19.5. The van der Waals surface area contributed by atoms with Crippen LogP contribution in [0.25, 0.3) is 11.4 Å². The summed E-state index contributed by atoms with van der Waals surface area (Å²) in [5.74, 6) is 0.703. The van der Waals surface area contributed by atoms with E-state index in [-0.39, 0.29) is 5.91 Å². The number of nitrogens with zero attached hydrogens (tertiary/aromatic N) is 4. The number of allylic oxidation sites excluding steroid dienone is 1. The zero-order valence-corrected chi connectivity index (χ0v) is 19.0. The lowest BCUT2D eigenvalue weighted by atomic mass is 9.98. The highest BCUT2D eigenvalue weighted by atomic mass is 35.5. The van der Waals surface area contributed by atoms with E-state index in [1.54, 1.807) is 29.1 Å². The summed E-state index contributed by atoms with van der Waals surface area (Å²) in [5.41, 5.74) is 3.24. The minimum absolute atomic E-state index is 0.251. The largest absolute Gasteiger partial charge is 0.328 e. The smallest absolute Gasteiger partial charge is 0.255 e. The zero-order chi connectivity index (χ0) is 22.9. The van der Waals surface area contributed by atoms with Crippen molar-refractivity contribution in [1.82, 2.24) is 19.7 Å². The first-order valence-corrected chi connectivity index (χ1v) is 10.9. The molecule has 3 heterocycles. The van der Waals surface area contributed by atoms with Crippen LogP contribution in [0.2, 0.25) is 10.0 Å². The second-order valence-corrected chi connectivity index (χ2v) is 8.29. The first-order valence-electron chi connectivity index (χ1n) is 10.2. The molecule has 0 spiro atoms. The Morgan fingerprint density at radius 3 is 2.55 bits per heavy atom. The summed E-state index contributed by atoms with van der Waals surface area (Å²) in [4.78, 5) is 22.6. The molecular formula is C24H18Cl2N6O. The van der Waals surface area contributed by atoms with Gasteiger partial charge in [-0.1, -0.05) is 47.5 Å². The van der Waals surface area contributed by atoms with E-state index in [9.17, 15) is 4.79 Å². The summed E-state index contributed by atoms with van der Waals surface area (Å²) in [5, 5.41) is 11.8. The van der Waals surface area contributed by atoms with Crippen LogP contribution in [0.15, 0.2) is 84.2 Å². The molecule has 7 nitrogen and oxygen atoms in total. The standard InChI is InChI=1S/C24H18Cl2N6O/c1-14-20(23(33)29-16-7-3-2-4-8-16)21(19-9-5-6-12-27-19)32-24(28-14)30-22(31-32)15-10-11-17(25)18(26)13-15/h2-13,21H,1H3,(H,29,33)(H,28,30,31). The van der Waals surface area contributed by atoms with Gasteiger partial charge in [0.1, 0.15) is 6.04 Å². The summed E-state index contributed by atoms with van der Waals surface area (Å²) in [6.45, 7) is 1.84. The van der Waals surface area contributed by atoms with Crippen LogP contribution in [-0.4, -0.2) is 25.7 Å². The average molecular weight is 477 g/mol. The lowest BCUT2D eigenvalue weighted by Crippen LogP contribution is -2.32. The molecule has 4 aromatic rings. The Kier molecular flexibility index (Phi) is 5.58. The summed E-state index contributed by atoms with van der Waals surface area (Å²) >= 11 is 12.3. The number of hydrogen-bond acceptors (Lipinski definition) is 5. The van der Waals surface area contributed by atoms with Crippen molar-refractivity contribution in [2.45, 2.75) is 13.0 Å². The third-order valence-corrected chi connectivity index (χ3v) is 6.01. The van der Waals surface area contributed by atoms with Gasteiger partial charge in [0.05, 0.1) is 21.3 Å². The lowest BCUT2D eigenvalue weighted by Gasteiger charge is -2.28. The van der Waals surface area contributed by atoms with Crippen molar-refractivity contribution in [1.29, 1.82) is 0 Å². The maximum Gasteiger partial charge on any atom is 0.255 e. The molecule has 0 radical (unpaired) electrons. The number of carbonyl (C=O) groups is 1. The predicted octanol–water partition coefficient (Wildman–Crippen LogP) is 5.57. The van der Waals surface area contributed by atoms with Gasteiger partial charge >= 0.3 is 0 Å². The summed E-state index contributed by atoms with van der Waals surface area (Å²) in [6.07, 6.45) is 1.69. The molecule has 0 saturated heterocycles. The normalized spacial score (nSPS) is 15.1. The molecule has 2 aromatic heterocycles. The maximum absolute atomic E-state index is 13.4. The molecule has 1 atom stereocenters. The Bertz CT molecular complexity index is 1370. The second kappa shape index (κ2) is 8.69. The molecular weight excluding hydrogens is 459 g/mol. The van der Waals surface area contributed by atoms with Gasteiger partial charge in [-0.25, -0.2) is 4.68 Å². The van der Waals surface area contributed by atoms with Crippen molar-refractivity contribution in [3.8, 4) is 11.4 Å². The second-order valence-electron chi connectivity index (χ2n) is 7.47. The number of aromatic nitrogens is 4. The number of halogens is 2. The third kappa shape index (κ3) is 4.08. The van der Waals surface area contributed by atoms with Gasteiger partial charge in [0.25, 0.3) is 5.91 Å². The Morgan fingerprint density at radius 1 is 1.03 bits per heavy atom. The van der Waals surface area contributed by atoms with E-state index in [1.807, 2.05) is 55.5 Å². The number of benzene rings is 2. The molecule has 1 amide bonds. The Morgan fingerprint density at radius 2 is 1.82 bits per heavy atom. The Balaban J connectivity index is 1.59. The first-order chi connectivity index (χ1) is 16.0. The van der Waals surface area contributed by atoms with Crippen molar-refractivity contribution >= 4 is 40.7 Å². The zero-order valence-electron chi connectivity index (χ0n) is 17.5. The fourth-order valence-corrected chi connectivity index (χ4v) is 4.03. The number of para-hydroxylation sites is 1. The molecule has 2 N–H and O–H groups in total. The van der Waals surface area contributed by atoms with Crippen molar-refractivity contribution in [2.24, 2.45) is 0 Å². The molecule has 0 bridgehead atoms. The highest BCUT2D eigenvalue weighted by Crippen LogP contribution is 2.36. The quantitative estimate of drug-likeness (QED) is 0.401. The van der Waals surface area contributed by atoms with Crippen LogP contribution < -0.4 is 10.6 Å². The number of nitrogens with one attached hydrogen (secondary N) is 2. The topological polar surface area (TPSA) is 84.7 Å². The van der Waals surface area contributed by atoms with Crippen molar-refractivity contribution in [3.63, 3.8) is 0 Å². The molecule has 164 valence electrons. The molecule has 0 saturated carbocycles. The van der Waals surface area contributed by atoms with Crippen molar-refractivity contribution < 1.29 is 4.79 Å². The molecule has 0 aliphatic carbocycles. The monoisotopic (exact) mass is 476 g/mol. The van der Waals surface area contributed by atoms with Crippen molar-refractivity contribution in [3.05, 3.63) is 99.9 Å². The van der Waals surface area contributed by atoms with Crippen LogP contribution in [0, 0.1) is 0 Å². The van der Waals surface area contributed by atoms with E-state index in [4.69, 9.17) is 28.3 Å². The van der Waals surface area contributed by atoms with Gasteiger partial charge < -0.3 is 10.6 Å². The van der Waals surface area contributed by atoms with Crippen molar-refractivity contribution in [2.75, 3.05) is 10.6 Å². The Hall–Kier alpha value is -3.68. The number of fused-ring (bicyclic) bond motifs is 1. The minimum Gasteiger partial charge on any atom is -0.328 e. The minimum atomic E-state index is -0.574. The maximum atomic E-state index is 13.4. The van der Waals surface area contributed by atoms with Gasteiger partial charge in [-0.15, -0.1) is 5.10 Å². The highest BCUT2D eigenvalue weighted by Gasteiger charge is 2.35. The average Bonchev–Trinajstić information content (AvgIpc) is 3.24. The van der Waals surface area contributed by atoms with Gasteiger partial charge in [-0.05, 0) is 49.4 Å². The van der Waals surface area contributed by atoms with E-state index >= 15 is 0 Å². The van der Waals surface area contributed by atoms with E-state index in [2.05, 4.69) is 20.6 Å². The molecule has 2 aromatic carbocycles. The third-order valence-electron chi connectivity index (χ3n) is 5.27. The van der Waals surface area contributed by atoms with Crippen LogP contribution in [0.1, 0.15) is 18.7 Å². The van der Waals surface area contributed by atoms with Gasteiger partial charge in [0, 0.05) is 23.1 Å². The van der Waals surface area contributed by atoms with E-state index in [0.29, 0.717) is 50.0 Å². The molecule has 9 heteroatoms. The van der Waals surface area contributed by atoms with Gasteiger partial charge in [-0.3, -0.25) is 9.78 Å². The SMILES string of the molecule is CC1=C(C(=O)Nc2ccccc2)C(c2ccccn2)n2nc(-c3ccc(Cl)c(Cl)c3)nc2N1. The van der Waals surface area contributed by atoms with Gasteiger partial charge in [0.15, 0.2) is 5.82 Å². The first kappa shape index (κ1) is 21.2.